The second-order valence-electron chi connectivity index (χ2n) is 5.09. The Labute approximate surface area is 132 Å². The molecule has 0 saturated heterocycles. The first kappa shape index (κ1) is 15.0. The lowest BCUT2D eigenvalue weighted by molar-refractivity contribution is 0.309. The number of ether oxygens (including phenoxy) is 1. The van der Waals surface area contributed by atoms with Crippen LogP contribution in [0.1, 0.15) is 19.8 Å². The Bertz CT molecular complexity index is 809. The van der Waals surface area contributed by atoms with Gasteiger partial charge < -0.3 is 9.72 Å². The van der Waals surface area contributed by atoms with Gasteiger partial charge in [0.15, 0.2) is 5.82 Å². The highest BCUT2D eigenvalue weighted by molar-refractivity contribution is 5.63. The van der Waals surface area contributed by atoms with Crippen molar-refractivity contribution in [2.75, 3.05) is 6.61 Å². The van der Waals surface area contributed by atoms with E-state index in [-0.39, 0.29) is 5.56 Å². The Morgan fingerprint density at radius 2 is 1.96 bits per heavy atom. The highest BCUT2D eigenvalue weighted by atomic mass is 16.5. The van der Waals surface area contributed by atoms with E-state index in [2.05, 4.69) is 32.5 Å². The lowest BCUT2D eigenvalue weighted by atomic mass is 10.1. The van der Waals surface area contributed by atoms with Gasteiger partial charge in [0.2, 0.25) is 0 Å². The van der Waals surface area contributed by atoms with Crippen LogP contribution < -0.4 is 10.3 Å². The van der Waals surface area contributed by atoms with Crippen LogP contribution in [0.4, 0.5) is 0 Å². The van der Waals surface area contributed by atoms with Crippen LogP contribution in [0.5, 0.6) is 5.75 Å². The molecule has 0 aliphatic heterocycles. The van der Waals surface area contributed by atoms with E-state index in [1.54, 1.807) is 6.07 Å². The highest BCUT2D eigenvalue weighted by Gasteiger charge is 2.08. The zero-order chi connectivity index (χ0) is 16.1. The Morgan fingerprint density at radius 1 is 1.13 bits per heavy atom. The Kier molecular flexibility index (Phi) is 4.46. The monoisotopic (exact) mass is 311 g/mol. The minimum atomic E-state index is -0.246. The molecule has 7 heteroatoms. The van der Waals surface area contributed by atoms with Gasteiger partial charge in [0.25, 0.3) is 5.56 Å². The van der Waals surface area contributed by atoms with Crippen LogP contribution in [0, 0.1) is 0 Å². The fourth-order valence-electron chi connectivity index (χ4n) is 2.17. The number of rotatable bonds is 6. The number of benzene rings is 1. The molecule has 2 aromatic heterocycles. The summed E-state index contributed by atoms with van der Waals surface area (Å²) in [5.74, 6) is 1.17. The predicted octanol–water partition coefficient (Wildman–Crippen LogP) is 2.40. The smallest absolute Gasteiger partial charge is 0.259 e. The summed E-state index contributed by atoms with van der Waals surface area (Å²) in [5.41, 5.74) is 1.79. The lowest BCUT2D eigenvalue weighted by Gasteiger charge is -2.07. The fourth-order valence-corrected chi connectivity index (χ4v) is 2.17. The van der Waals surface area contributed by atoms with Gasteiger partial charge in [-0.15, -0.1) is 5.10 Å². The number of tetrazole rings is 1. The molecule has 0 spiro atoms. The number of nitrogens with one attached hydrogen (secondary N) is 2. The van der Waals surface area contributed by atoms with Crippen molar-refractivity contribution in [1.29, 1.82) is 0 Å². The minimum absolute atomic E-state index is 0.246. The highest BCUT2D eigenvalue weighted by Crippen LogP contribution is 2.21. The van der Waals surface area contributed by atoms with Crippen molar-refractivity contribution < 1.29 is 4.74 Å². The SMILES string of the molecule is CCCCOc1ccc(-c2ccc(-c3nnn[nH]3)c(=O)[nH]2)cc1. The van der Waals surface area contributed by atoms with Crippen LogP contribution in [-0.4, -0.2) is 32.2 Å². The molecular weight excluding hydrogens is 294 g/mol. The third-order valence-corrected chi connectivity index (χ3v) is 3.44. The summed E-state index contributed by atoms with van der Waals surface area (Å²) in [6.07, 6.45) is 2.14. The number of aromatic nitrogens is 5. The summed E-state index contributed by atoms with van der Waals surface area (Å²) in [5, 5.41) is 13.3. The molecular formula is C16H17N5O2. The average Bonchev–Trinajstić information content (AvgIpc) is 3.10. The second kappa shape index (κ2) is 6.87. The molecule has 0 bridgehead atoms. The zero-order valence-electron chi connectivity index (χ0n) is 12.7. The largest absolute Gasteiger partial charge is 0.494 e. The maximum atomic E-state index is 12.2. The molecule has 3 rings (SSSR count). The molecule has 3 aromatic rings. The summed E-state index contributed by atoms with van der Waals surface area (Å²) in [6, 6.07) is 11.2. The molecule has 0 saturated carbocycles. The topological polar surface area (TPSA) is 96.6 Å². The molecule has 23 heavy (non-hydrogen) atoms. The molecule has 2 N–H and O–H groups in total. The van der Waals surface area contributed by atoms with E-state index in [0.29, 0.717) is 18.0 Å². The predicted molar refractivity (Wildman–Crippen MR) is 86.1 cm³/mol. The van der Waals surface area contributed by atoms with Crippen LogP contribution in [-0.2, 0) is 0 Å². The van der Waals surface area contributed by atoms with Crippen molar-refractivity contribution in [2.45, 2.75) is 19.8 Å². The van der Waals surface area contributed by atoms with Crippen molar-refractivity contribution in [3.05, 3.63) is 46.8 Å². The quantitative estimate of drug-likeness (QED) is 0.681. The molecule has 7 nitrogen and oxygen atoms in total. The van der Waals surface area contributed by atoms with E-state index in [0.717, 1.165) is 29.8 Å². The van der Waals surface area contributed by atoms with Crippen molar-refractivity contribution in [1.82, 2.24) is 25.6 Å². The molecule has 0 aliphatic carbocycles. The van der Waals surface area contributed by atoms with Crippen LogP contribution in [0.2, 0.25) is 0 Å². The van der Waals surface area contributed by atoms with Gasteiger partial charge in [0, 0.05) is 5.69 Å². The van der Waals surface area contributed by atoms with Gasteiger partial charge in [-0.05, 0) is 58.8 Å². The van der Waals surface area contributed by atoms with E-state index in [4.69, 9.17) is 4.74 Å². The fraction of sp³-hybridized carbons (Fsp3) is 0.250. The van der Waals surface area contributed by atoms with Gasteiger partial charge in [-0.2, -0.15) is 0 Å². The van der Waals surface area contributed by atoms with Crippen molar-refractivity contribution in [3.8, 4) is 28.4 Å². The summed E-state index contributed by atoms with van der Waals surface area (Å²) in [4.78, 5) is 15.0. The normalized spacial score (nSPS) is 10.7. The Morgan fingerprint density at radius 3 is 2.61 bits per heavy atom. The molecule has 0 radical (unpaired) electrons. The third kappa shape index (κ3) is 3.45. The number of hydrogen-bond acceptors (Lipinski definition) is 5. The molecule has 0 amide bonds. The van der Waals surface area contributed by atoms with Gasteiger partial charge in [0.05, 0.1) is 12.2 Å². The van der Waals surface area contributed by atoms with Gasteiger partial charge in [0.1, 0.15) is 5.75 Å². The van der Waals surface area contributed by atoms with Gasteiger partial charge >= 0.3 is 0 Å². The number of pyridine rings is 1. The van der Waals surface area contributed by atoms with Crippen molar-refractivity contribution in [2.24, 2.45) is 0 Å². The maximum Gasteiger partial charge on any atom is 0.259 e. The molecule has 0 fully saturated rings. The summed E-state index contributed by atoms with van der Waals surface area (Å²) in [6.45, 7) is 2.84. The van der Waals surface area contributed by atoms with Gasteiger partial charge in [-0.3, -0.25) is 4.79 Å². The minimum Gasteiger partial charge on any atom is -0.494 e. The van der Waals surface area contributed by atoms with Crippen LogP contribution >= 0.6 is 0 Å². The maximum absolute atomic E-state index is 12.2. The van der Waals surface area contributed by atoms with Crippen molar-refractivity contribution in [3.63, 3.8) is 0 Å². The number of unbranched alkanes of at least 4 members (excludes halogenated alkanes) is 1. The summed E-state index contributed by atoms with van der Waals surface area (Å²) >= 11 is 0. The van der Waals surface area contributed by atoms with Crippen LogP contribution in [0.3, 0.4) is 0 Å². The van der Waals surface area contributed by atoms with E-state index < -0.39 is 0 Å². The number of H-pyrrole nitrogens is 2. The Balaban J connectivity index is 1.79. The first-order chi connectivity index (χ1) is 11.3. The number of nitrogens with zero attached hydrogens (tertiary/aromatic N) is 3. The van der Waals surface area contributed by atoms with Crippen LogP contribution in [0.25, 0.3) is 22.6 Å². The van der Waals surface area contributed by atoms with E-state index >= 15 is 0 Å². The molecule has 118 valence electrons. The van der Waals surface area contributed by atoms with Gasteiger partial charge in [-0.1, -0.05) is 13.3 Å². The van der Waals surface area contributed by atoms with E-state index in [9.17, 15) is 4.79 Å². The number of hydrogen-bond donors (Lipinski definition) is 2. The standard InChI is InChI=1S/C16H17N5O2/c1-2-3-10-23-12-6-4-11(5-7-12)14-9-8-13(16(22)17-14)15-18-20-21-19-15/h4-9H,2-3,10H2,1H3,(H,17,22)(H,18,19,20,21). The second-order valence-corrected chi connectivity index (χ2v) is 5.09. The first-order valence-corrected chi connectivity index (χ1v) is 7.48. The molecule has 2 heterocycles. The van der Waals surface area contributed by atoms with Crippen LogP contribution in [0.15, 0.2) is 41.2 Å². The lowest BCUT2D eigenvalue weighted by Crippen LogP contribution is -2.10. The van der Waals surface area contributed by atoms with E-state index in [1.165, 1.54) is 0 Å². The molecule has 0 atom stereocenters. The Hall–Kier alpha value is -2.96. The van der Waals surface area contributed by atoms with E-state index in [1.807, 2.05) is 30.3 Å². The number of aromatic amines is 2. The summed E-state index contributed by atoms with van der Waals surface area (Å²) in [7, 11) is 0. The molecule has 0 unspecified atom stereocenters. The third-order valence-electron chi connectivity index (χ3n) is 3.44. The molecule has 1 aromatic carbocycles. The molecule has 0 aliphatic rings. The summed E-state index contributed by atoms with van der Waals surface area (Å²) < 4.78 is 5.63. The average molecular weight is 311 g/mol. The van der Waals surface area contributed by atoms with Crippen molar-refractivity contribution >= 4 is 0 Å². The zero-order valence-corrected chi connectivity index (χ0v) is 12.7. The first-order valence-electron chi connectivity index (χ1n) is 7.48. The van der Waals surface area contributed by atoms with Gasteiger partial charge in [-0.25, -0.2) is 5.10 Å².